The maximum Gasteiger partial charge on any atom is 0.224 e. The summed E-state index contributed by atoms with van der Waals surface area (Å²) in [6, 6.07) is 13.9. The van der Waals surface area contributed by atoms with Crippen LogP contribution in [0, 0.1) is 5.92 Å². The fourth-order valence-electron chi connectivity index (χ4n) is 3.65. The second-order valence-corrected chi connectivity index (χ2v) is 6.93. The van der Waals surface area contributed by atoms with E-state index in [9.17, 15) is 9.59 Å². The number of benzene rings is 2. The van der Waals surface area contributed by atoms with Crippen LogP contribution in [0.4, 0.5) is 0 Å². The summed E-state index contributed by atoms with van der Waals surface area (Å²) < 4.78 is 1.54. The van der Waals surface area contributed by atoms with Crippen molar-refractivity contribution in [3.63, 3.8) is 0 Å². The molecule has 0 unspecified atom stereocenters. The van der Waals surface area contributed by atoms with Crippen LogP contribution in [0.1, 0.15) is 29.6 Å². The predicted molar refractivity (Wildman–Crippen MR) is 100 cm³/mol. The molecule has 7 heteroatoms. The number of carbonyl (C=O) groups excluding carboxylic acids is 2. The lowest BCUT2D eigenvalue weighted by molar-refractivity contribution is -0.132. The molecule has 1 amide bonds. The Morgan fingerprint density at radius 2 is 1.96 bits per heavy atom. The first-order valence-corrected chi connectivity index (χ1v) is 9.22. The zero-order chi connectivity index (χ0) is 18.6. The van der Waals surface area contributed by atoms with E-state index >= 15 is 0 Å². The first-order valence-electron chi connectivity index (χ1n) is 9.22. The van der Waals surface area contributed by atoms with E-state index in [1.54, 1.807) is 9.58 Å². The topological polar surface area (TPSA) is 81.0 Å². The van der Waals surface area contributed by atoms with Crippen molar-refractivity contribution in [1.82, 2.24) is 25.1 Å². The number of ketones is 1. The Hall–Kier alpha value is -3.09. The molecule has 1 saturated heterocycles. The third kappa shape index (κ3) is 3.86. The summed E-state index contributed by atoms with van der Waals surface area (Å²) in [5.41, 5.74) is 0.724. The highest BCUT2D eigenvalue weighted by atomic mass is 16.2. The second-order valence-electron chi connectivity index (χ2n) is 6.93. The van der Waals surface area contributed by atoms with Crippen molar-refractivity contribution in [3.05, 3.63) is 54.4 Å². The minimum absolute atomic E-state index is 0.0431. The Balaban J connectivity index is 1.42. The lowest BCUT2D eigenvalue weighted by Gasteiger charge is -2.32. The Labute approximate surface area is 157 Å². The summed E-state index contributed by atoms with van der Waals surface area (Å²) >= 11 is 0. The van der Waals surface area contributed by atoms with Gasteiger partial charge in [-0.05, 0) is 40.1 Å². The Morgan fingerprint density at radius 3 is 2.78 bits per heavy atom. The molecule has 1 aliphatic rings. The molecule has 0 spiro atoms. The smallest absolute Gasteiger partial charge is 0.224 e. The molecule has 3 aromatic rings. The summed E-state index contributed by atoms with van der Waals surface area (Å²) in [6.07, 6.45) is 3.50. The van der Waals surface area contributed by atoms with E-state index in [-0.39, 0.29) is 17.6 Å². The third-order valence-corrected chi connectivity index (χ3v) is 5.13. The van der Waals surface area contributed by atoms with E-state index in [1.807, 2.05) is 42.5 Å². The van der Waals surface area contributed by atoms with E-state index in [4.69, 9.17) is 0 Å². The van der Waals surface area contributed by atoms with Crippen LogP contribution < -0.4 is 0 Å². The number of tetrazole rings is 1. The van der Waals surface area contributed by atoms with E-state index in [2.05, 4.69) is 15.5 Å². The van der Waals surface area contributed by atoms with Crippen molar-refractivity contribution < 1.29 is 9.59 Å². The summed E-state index contributed by atoms with van der Waals surface area (Å²) in [4.78, 5) is 27.3. The zero-order valence-electron chi connectivity index (χ0n) is 15.0. The highest BCUT2D eigenvalue weighted by Crippen LogP contribution is 2.24. The number of fused-ring (bicyclic) bond motifs is 1. The number of nitrogens with zero attached hydrogens (tertiary/aromatic N) is 5. The SMILES string of the molecule is O=C(c1ccc2ccccc2c1)[C@@H]1CCCN(C(=O)CCn2cnnn2)C1. The number of amides is 1. The van der Waals surface area contributed by atoms with Gasteiger partial charge in [0.1, 0.15) is 6.33 Å². The van der Waals surface area contributed by atoms with Gasteiger partial charge >= 0.3 is 0 Å². The van der Waals surface area contributed by atoms with E-state index in [0.717, 1.165) is 29.2 Å². The number of piperidine rings is 1. The lowest BCUT2D eigenvalue weighted by Crippen LogP contribution is -2.42. The van der Waals surface area contributed by atoms with E-state index in [1.165, 1.54) is 6.33 Å². The molecule has 0 aliphatic carbocycles. The number of aryl methyl sites for hydroxylation is 1. The Morgan fingerprint density at radius 1 is 1.11 bits per heavy atom. The summed E-state index contributed by atoms with van der Waals surface area (Å²) in [5.74, 6) is 0.0251. The highest BCUT2D eigenvalue weighted by molar-refractivity contribution is 6.01. The van der Waals surface area contributed by atoms with Crippen LogP contribution in [-0.4, -0.2) is 49.9 Å². The van der Waals surface area contributed by atoms with Crippen molar-refractivity contribution in [2.24, 2.45) is 5.92 Å². The molecule has 1 aliphatic heterocycles. The largest absolute Gasteiger partial charge is 0.342 e. The molecular formula is C20H21N5O2. The van der Waals surface area contributed by atoms with E-state index in [0.29, 0.717) is 26.1 Å². The van der Waals surface area contributed by atoms with Crippen LogP contribution in [-0.2, 0) is 11.3 Å². The molecule has 0 N–H and O–H groups in total. The summed E-state index contributed by atoms with van der Waals surface area (Å²) in [5, 5.41) is 13.1. The Kier molecular flexibility index (Phi) is 4.91. The minimum Gasteiger partial charge on any atom is -0.342 e. The van der Waals surface area contributed by atoms with Crippen LogP contribution in [0.5, 0.6) is 0 Å². The average molecular weight is 363 g/mol. The summed E-state index contributed by atoms with van der Waals surface area (Å²) in [7, 11) is 0. The number of rotatable bonds is 5. The first kappa shape index (κ1) is 17.3. The molecule has 1 aromatic heterocycles. The molecule has 1 fully saturated rings. The van der Waals surface area contributed by atoms with Gasteiger partial charge < -0.3 is 4.90 Å². The zero-order valence-corrected chi connectivity index (χ0v) is 15.0. The standard InChI is InChI=1S/C20H21N5O2/c26-19(9-11-25-14-21-22-23-25)24-10-3-6-18(13-24)20(27)17-8-7-15-4-1-2-5-16(15)12-17/h1-2,4-5,7-8,12,14,18H,3,6,9-11,13H2/t18-/m1/s1. The van der Waals surface area contributed by atoms with Crippen LogP contribution in [0.15, 0.2) is 48.8 Å². The van der Waals surface area contributed by atoms with Crippen LogP contribution in [0.3, 0.4) is 0 Å². The molecule has 138 valence electrons. The fraction of sp³-hybridized carbons (Fsp3) is 0.350. The van der Waals surface area contributed by atoms with Crippen molar-refractivity contribution in [3.8, 4) is 0 Å². The van der Waals surface area contributed by atoms with Gasteiger partial charge in [0.05, 0.1) is 6.54 Å². The van der Waals surface area contributed by atoms with Crippen molar-refractivity contribution >= 4 is 22.5 Å². The van der Waals surface area contributed by atoms with E-state index < -0.39 is 0 Å². The predicted octanol–water partition coefficient (Wildman–Crippen LogP) is 2.34. The fourth-order valence-corrected chi connectivity index (χ4v) is 3.65. The maximum atomic E-state index is 13.0. The molecule has 7 nitrogen and oxygen atoms in total. The monoisotopic (exact) mass is 363 g/mol. The van der Waals surface area contributed by atoms with Crippen LogP contribution in [0.2, 0.25) is 0 Å². The van der Waals surface area contributed by atoms with Gasteiger partial charge in [0.25, 0.3) is 0 Å². The van der Waals surface area contributed by atoms with Gasteiger partial charge in [0.2, 0.25) is 5.91 Å². The normalized spacial score (nSPS) is 17.2. The van der Waals surface area contributed by atoms with Gasteiger partial charge in [0.15, 0.2) is 5.78 Å². The minimum atomic E-state index is -0.142. The van der Waals surface area contributed by atoms with Crippen molar-refractivity contribution in [1.29, 1.82) is 0 Å². The number of likely N-dealkylation sites (tertiary alicyclic amines) is 1. The molecule has 0 bridgehead atoms. The molecule has 1 atom stereocenters. The number of carbonyl (C=O) groups is 2. The van der Waals surface area contributed by atoms with Crippen LogP contribution >= 0.6 is 0 Å². The Bertz CT molecular complexity index is 954. The molecule has 2 heterocycles. The molecule has 0 saturated carbocycles. The molecule has 0 radical (unpaired) electrons. The quantitative estimate of drug-likeness (QED) is 0.650. The number of hydrogen-bond acceptors (Lipinski definition) is 5. The molecule has 2 aromatic carbocycles. The molecule has 27 heavy (non-hydrogen) atoms. The second kappa shape index (κ2) is 7.65. The van der Waals surface area contributed by atoms with Gasteiger partial charge in [0, 0.05) is 31.0 Å². The molecular weight excluding hydrogens is 342 g/mol. The third-order valence-electron chi connectivity index (χ3n) is 5.13. The number of hydrogen-bond donors (Lipinski definition) is 0. The lowest BCUT2D eigenvalue weighted by atomic mass is 9.89. The first-order chi connectivity index (χ1) is 13.2. The van der Waals surface area contributed by atoms with Gasteiger partial charge in [-0.2, -0.15) is 0 Å². The van der Waals surface area contributed by atoms with Gasteiger partial charge in [-0.25, -0.2) is 4.68 Å². The van der Waals surface area contributed by atoms with Crippen molar-refractivity contribution in [2.45, 2.75) is 25.8 Å². The average Bonchev–Trinajstić information content (AvgIpc) is 3.25. The van der Waals surface area contributed by atoms with Crippen molar-refractivity contribution in [2.75, 3.05) is 13.1 Å². The summed E-state index contributed by atoms with van der Waals surface area (Å²) in [6.45, 7) is 1.64. The van der Waals surface area contributed by atoms with Gasteiger partial charge in [-0.15, -0.1) is 5.10 Å². The van der Waals surface area contributed by atoms with Gasteiger partial charge in [-0.3, -0.25) is 9.59 Å². The number of aromatic nitrogens is 4. The van der Waals surface area contributed by atoms with Crippen LogP contribution in [0.25, 0.3) is 10.8 Å². The number of Topliss-reactive ketones (excluding diaryl/α,β-unsaturated/α-hetero) is 1. The molecule has 4 rings (SSSR count). The maximum absolute atomic E-state index is 13.0. The highest BCUT2D eigenvalue weighted by Gasteiger charge is 2.29. The van der Waals surface area contributed by atoms with Gasteiger partial charge in [-0.1, -0.05) is 36.4 Å².